The number of aryl methyl sites for hydroxylation is 1. The van der Waals surface area contributed by atoms with E-state index in [1.54, 1.807) is 0 Å². The van der Waals surface area contributed by atoms with Crippen molar-refractivity contribution >= 4 is 22.6 Å². The van der Waals surface area contributed by atoms with Crippen molar-refractivity contribution in [3.63, 3.8) is 0 Å². The average Bonchev–Trinajstić information content (AvgIpc) is 2.79. The quantitative estimate of drug-likeness (QED) is 0.558. The Labute approximate surface area is 156 Å². The molecule has 2 fully saturated rings. The van der Waals surface area contributed by atoms with E-state index in [9.17, 15) is 15.3 Å². The zero-order chi connectivity index (χ0) is 17.1. The van der Waals surface area contributed by atoms with Gasteiger partial charge in [0.15, 0.2) is 0 Å². The number of phenolic OH excluding ortho intramolecular Hbond substituents is 2. The minimum Gasteiger partial charge on any atom is -0.508 e. The van der Waals surface area contributed by atoms with E-state index >= 15 is 0 Å². The highest BCUT2D eigenvalue weighted by Gasteiger charge is 2.60. The molecule has 0 aliphatic heterocycles. The molecule has 0 unspecified atom stereocenters. The molecule has 3 nitrogen and oxygen atoms in total. The summed E-state index contributed by atoms with van der Waals surface area (Å²) in [6, 6.07) is 3.31. The first kappa shape index (κ1) is 16.7. The van der Waals surface area contributed by atoms with Gasteiger partial charge in [0.05, 0.1) is 5.60 Å². The van der Waals surface area contributed by atoms with Crippen LogP contribution in [0, 0.1) is 17.3 Å². The monoisotopic (exact) mass is 440 g/mol. The highest BCUT2D eigenvalue weighted by molar-refractivity contribution is 14.1. The van der Waals surface area contributed by atoms with Gasteiger partial charge in [0, 0.05) is 17.0 Å². The molecule has 0 saturated heterocycles. The smallest absolute Gasteiger partial charge is 0.123 e. The van der Waals surface area contributed by atoms with Crippen molar-refractivity contribution in [2.75, 3.05) is 0 Å². The molecule has 0 aromatic heterocycles. The Bertz CT molecular complexity index is 700. The third-order valence-corrected chi connectivity index (χ3v) is 7.70. The lowest BCUT2D eigenvalue weighted by molar-refractivity contribution is -0.0709. The van der Waals surface area contributed by atoms with Gasteiger partial charge in [0.2, 0.25) is 0 Å². The summed E-state index contributed by atoms with van der Waals surface area (Å²) < 4.78 is 1.96. The van der Waals surface area contributed by atoms with Crippen molar-refractivity contribution in [2.45, 2.75) is 57.0 Å². The van der Waals surface area contributed by atoms with Crippen LogP contribution in [0.5, 0.6) is 11.5 Å². The van der Waals surface area contributed by atoms with Gasteiger partial charge in [-0.05, 0) is 78.1 Å². The first-order chi connectivity index (χ1) is 11.4. The van der Waals surface area contributed by atoms with Crippen LogP contribution in [0.3, 0.4) is 0 Å². The number of benzene rings is 1. The van der Waals surface area contributed by atoms with Crippen LogP contribution in [-0.4, -0.2) is 20.9 Å². The number of halogens is 1. The van der Waals surface area contributed by atoms with Crippen molar-refractivity contribution < 1.29 is 15.3 Å². The summed E-state index contributed by atoms with van der Waals surface area (Å²) in [5, 5.41) is 31.5. The molecule has 1 aromatic rings. The molecule has 4 rings (SSSR count). The minimum atomic E-state index is -0.693. The van der Waals surface area contributed by atoms with Gasteiger partial charge in [-0.2, -0.15) is 0 Å². The molecular weight excluding hydrogens is 415 g/mol. The molecule has 1 aromatic carbocycles. The van der Waals surface area contributed by atoms with Crippen LogP contribution < -0.4 is 0 Å². The molecule has 3 aliphatic rings. The summed E-state index contributed by atoms with van der Waals surface area (Å²) in [4.78, 5) is 0. The standard InChI is InChI=1S/C20H25IO3/c1-19-6-4-15-14(16(19)5-7-20(19,24)8-9-21)3-2-12-10-13(22)11-17(23)18(12)15/h8-11,14-16,22-24H,2-7H2,1H3/b9-8-/t14-,15+,16+,19+,20-/m1/s1. The van der Waals surface area contributed by atoms with E-state index in [1.807, 2.05) is 16.2 Å². The highest BCUT2D eigenvalue weighted by Crippen LogP contribution is 2.65. The Morgan fingerprint density at radius 1 is 1.17 bits per heavy atom. The number of fused-ring (bicyclic) bond motifs is 5. The van der Waals surface area contributed by atoms with Crippen LogP contribution in [-0.2, 0) is 6.42 Å². The number of aromatic hydroxyl groups is 2. The molecule has 3 aliphatic carbocycles. The van der Waals surface area contributed by atoms with Crippen molar-refractivity contribution in [1.82, 2.24) is 0 Å². The Hall–Kier alpha value is -0.750. The van der Waals surface area contributed by atoms with Crippen molar-refractivity contribution in [1.29, 1.82) is 0 Å². The summed E-state index contributed by atoms with van der Waals surface area (Å²) in [6.07, 6.45) is 7.88. The number of hydrogen-bond donors (Lipinski definition) is 3. The molecule has 0 heterocycles. The molecule has 24 heavy (non-hydrogen) atoms. The zero-order valence-corrected chi connectivity index (χ0v) is 16.2. The van der Waals surface area contributed by atoms with Crippen LogP contribution in [0.15, 0.2) is 22.3 Å². The van der Waals surface area contributed by atoms with Crippen molar-refractivity contribution in [3.8, 4) is 11.5 Å². The third-order valence-electron chi connectivity index (χ3n) is 7.34. The molecule has 0 spiro atoms. The van der Waals surface area contributed by atoms with Gasteiger partial charge in [0.1, 0.15) is 11.5 Å². The van der Waals surface area contributed by atoms with E-state index in [4.69, 9.17) is 0 Å². The van der Waals surface area contributed by atoms with E-state index in [0.29, 0.717) is 17.8 Å². The average molecular weight is 440 g/mol. The van der Waals surface area contributed by atoms with Gasteiger partial charge >= 0.3 is 0 Å². The molecule has 5 atom stereocenters. The maximum atomic E-state index is 11.2. The SMILES string of the molecule is C[C@]12CC[C@@H]3c4c(O)cc(O)cc4CC[C@H]3[C@@H]1CC[C@@]2(O)/C=C\I. The van der Waals surface area contributed by atoms with Crippen LogP contribution in [0.25, 0.3) is 0 Å². The zero-order valence-electron chi connectivity index (χ0n) is 14.0. The van der Waals surface area contributed by atoms with Crippen molar-refractivity contribution in [3.05, 3.63) is 33.4 Å². The summed E-state index contributed by atoms with van der Waals surface area (Å²) in [5.41, 5.74) is 1.41. The Balaban J connectivity index is 1.73. The lowest BCUT2D eigenvalue weighted by atomic mass is 9.53. The normalized spacial score (nSPS) is 41.0. The molecule has 130 valence electrons. The second kappa shape index (κ2) is 5.63. The fourth-order valence-electron chi connectivity index (χ4n) is 6.12. The summed E-state index contributed by atoms with van der Waals surface area (Å²) in [5.74, 6) is 1.79. The fraction of sp³-hybridized carbons (Fsp3) is 0.600. The molecule has 0 radical (unpaired) electrons. The van der Waals surface area contributed by atoms with Gasteiger partial charge in [-0.1, -0.05) is 29.5 Å². The van der Waals surface area contributed by atoms with E-state index in [-0.39, 0.29) is 16.9 Å². The predicted molar refractivity (Wildman–Crippen MR) is 102 cm³/mol. The lowest BCUT2D eigenvalue weighted by Gasteiger charge is -2.52. The fourth-order valence-corrected chi connectivity index (χ4v) is 6.71. The Morgan fingerprint density at radius 2 is 1.96 bits per heavy atom. The summed E-state index contributed by atoms with van der Waals surface area (Å²) in [6.45, 7) is 2.27. The molecule has 0 amide bonds. The maximum Gasteiger partial charge on any atom is 0.123 e. The molecule has 0 bridgehead atoms. The maximum absolute atomic E-state index is 11.2. The van der Waals surface area contributed by atoms with Crippen molar-refractivity contribution in [2.24, 2.45) is 17.3 Å². The molecule has 4 heteroatoms. The van der Waals surface area contributed by atoms with Crippen LogP contribution >= 0.6 is 22.6 Å². The van der Waals surface area contributed by atoms with E-state index in [2.05, 4.69) is 29.5 Å². The Kier molecular flexibility index (Phi) is 3.92. The predicted octanol–water partition coefficient (Wildman–Crippen LogP) is 4.63. The number of rotatable bonds is 1. The Morgan fingerprint density at radius 3 is 2.71 bits per heavy atom. The van der Waals surface area contributed by atoms with E-state index in [0.717, 1.165) is 49.7 Å². The minimum absolute atomic E-state index is 0.0696. The lowest BCUT2D eigenvalue weighted by Crippen LogP contribution is -2.49. The van der Waals surface area contributed by atoms with Gasteiger partial charge < -0.3 is 15.3 Å². The molecule has 3 N–H and O–H groups in total. The first-order valence-electron chi connectivity index (χ1n) is 8.95. The van der Waals surface area contributed by atoms with E-state index < -0.39 is 5.60 Å². The molecular formula is C20H25IO3. The highest BCUT2D eigenvalue weighted by atomic mass is 127. The van der Waals surface area contributed by atoms with Crippen LogP contribution in [0.2, 0.25) is 0 Å². The van der Waals surface area contributed by atoms with E-state index in [1.165, 1.54) is 6.07 Å². The second-order valence-corrected chi connectivity index (χ2v) is 8.88. The number of hydrogen-bond acceptors (Lipinski definition) is 3. The van der Waals surface area contributed by atoms with Gasteiger partial charge in [-0.15, -0.1) is 0 Å². The first-order valence-corrected chi connectivity index (χ1v) is 10.2. The van der Waals surface area contributed by atoms with Crippen LogP contribution in [0.4, 0.5) is 0 Å². The largest absolute Gasteiger partial charge is 0.508 e. The summed E-state index contributed by atoms with van der Waals surface area (Å²) in [7, 11) is 0. The van der Waals surface area contributed by atoms with Gasteiger partial charge in [-0.25, -0.2) is 0 Å². The van der Waals surface area contributed by atoms with Gasteiger partial charge in [0.25, 0.3) is 0 Å². The third kappa shape index (κ3) is 2.18. The second-order valence-electron chi connectivity index (χ2n) is 8.16. The number of aliphatic hydroxyl groups is 1. The van der Waals surface area contributed by atoms with Crippen LogP contribution in [0.1, 0.15) is 56.1 Å². The van der Waals surface area contributed by atoms with Gasteiger partial charge in [-0.3, -0.25) is 0 Å². The molecule has 2 saturated carbocycles. The number of phenols is 2. The topological polar surface area (TPSA) is 60.7 Å². The summed E-state index contributed by atoms with van der Waals surface area (Å²) >= 11 is 2.20.